The predicted octanol–water partition coefficient (Wildman–Crippen LogP) is 6.47. The van der Waals surface area contributed by atoms with Crippen molar-refractivity contribution in [2.45, 2.75) is 13.8 Å². The molecule has 1 aliphatic rings. The standard InChI is InChI=1S/C27H23ClN2O4S2/c1-3-33-22-14-18(15-23-26(32)30(27(35)36-23)20-7-5-4-6-8-20)13-21(28)25(22)34-16-24(31)29-19-11-9-17(2)10-12-19/h4-15H,3,16H2,1-2H3,(H,29,31)/b23-15+. The van der Waals surface area contributed by atoms with Gasteiger partial charge >= 0.3 is 0 Å². The van der Waals surface area contributed by atoms with Gasteiger partial charge in [-0.05, 0) is 61.9 Å². The number of halogens is 1. The van der Waals surface area contributed by atoms with Gasteiger partial charge in [0.05, 0.1) is 22.2 Å². The maximum Gasteiger partial charge on any atom is 0.270 e. The number of rotatable bonds is 8. The molecular weight excluding hydrogens is 516 g/mol. The van der Waals surface area contributed by atoms with Gasteiger partial charge in [-0.25, -0.2) is 0 Å². The molecule has 0 radical (unpaired) electrons. The maximum atomic E-state index is 13.0. The Balaban J connectivity index is 1.51. The third-order valence-electron chi connectivity index (χ3n) is 5.12. The third-order valence-corrected chi connectivity index (χ3v) is 6.70. The van der Waals surface area contributed by atoms with Crippen LogP contribution in [-0.2, 0) is 9.59 Å². The van der Waals surface area contributed by atoms with Gasteiger partial charge in [0.2, 0.25) is 0 Å². The van der Waals surface area contributed by atoms with Crippen molar-refractivity contribution in [3.8, 4) is 11.5 Å². The zero-order chi connectivity index (χ0) is 25.7. The summed E-state index contributed by atoms with van der Waals surface area (Å²) in [5.74, 6) is 0.0916. The summed E-state index contributed by atoms with van der Waals surface area (Å²) >= 11 is 13.2. The van der Waals surface area contributed by atoms with E-state index in [-0.39, 0.29) is 29.2 Å². The van der Waals surface area contributed by atoms with E-state index in [0.717, 1.165) is 5.56 Å². The van der Waals surface area contributed by atoms with Gasteiger partial charge in [0, 0.05) is 5.69 Å². The molecule has 1 fully saturated rings. The Kier molecular flexibility index (Phi) is 8.30. The minimum atomic E-state index is -0.328. The molecule has 0 spiro atoms. The molecule has 0 atom stereocenters. The van der Waals surface area contributed by atoms with Crippen LogP contribution < -0.4 is 19.7 Å². The first-order valence-corrected chi connectivity index (χ1v) is 12.7. The molecule has 0 aliphatic carbocycles. The second kappa shape index (κ2) is 11.6. The maximum absolute atomic E-state index is 13.0. The molecule has 1 heterocycles. The monoisotopic (exact) mass is 538 g/mol. The summed E-state index contributed by atoms with van der Waals surface area (Å²) < 4.78 is 11.9. The molecule has 3 aromatic carbocycles. The number of nitrogens with one attached hydrogen (secondary N) is 1. The summed E-state index contributed by atoms with van der Waals surface area (Å²) in [6.45, 7) is 3.92. The van der Waals surface area contributed by atoms with Crippen LogP contribution in [0.2, 0.25) is 5.02 Å². The number of benzene rings is 3. The van der Waals surface area contributed by atoms with Crippen molar-refractivity contribution in [1.29, 1.82) is 0 Å². The molecule has 9 heteroatoms. The lowest BCUT2D eigenvalue weighted by Gasteiger charge is -2.15. The molecule has 2 amide bonds. The Morgan fingerprint density at radius 2 is 1.83 bits per heavy atom. The van der Waals surface area contributed by atoms with Crippen LogP contribution in [0.25, 0.3) is 6.08 Å². The highest BCUT2D eigenvalue weighted by Crippen LogP contribution is 2.40. The molecule has 0 bridgehead atoms. The number of hydrogen-bond acceptors (Lipinski definition) is 6. The van der Waals surface area contributed by atoms with Crippen LogP contribution in [0.3, 0.4) is 0 Å². The third kappa shape index (κ3) is 6.07. The highest BCUT2D eigenvalue weighted by molar-refractivity contribution is 8.27. The van der Waals surface area contributed by atoms with Crippen LogP contribution >= 0.6 is 35.6 Å². The summed E-state index contributed by atoms with van der Waals surface area (Å²) in [7, 11) is 0. The van der Waals surface area contributed by atoms with Gasteiger partial charge in [-0.3, -0.25) is 14.5 Å². The second-order valence-electron chi connectivity index (χ2n) is 7.82. The molecule has 0 aromatic heterocycles. The Morgan fingerprint density at radius 1 is 1.11 bits per heavy atom. The van der Waals surface area contributed by atoms with E-state index in [1.165, 1.54) is 16.7 Å². The number of nitrogens with zero attached hydrogens (tertiary/aromatic N) is 1. The fourth-order valence-electron chi connectivity index (χ4n) is 3.46. The first-order chi connectivity index (χ1) is 17.4. The molecule has 1 aliphatic heterocycles. The molecule has 184 valence electrons. The topological polar surface area (TPSA) is 67.9 Å². The zero-order valence-corrected chi connectivity index (χ0v) is 22.0. The molecule has 3 aromatic rings. The van der Waals surface area contributed by atoms with Crippen LogP contribution in [0, 0.1) is 6.92 Å². The molecule has 1 N–H and O–H groups in total. The van der Waals surface area contributed by atoms with E-state index < -0.39 is 0 Å². The van der Waals surface area contributed by atoms with Crippen molar-refractivity contribution in [2.75, 3.05) is 23.4 Å². The van der Waals surface area contributed by atoms with Gasteiger partial charge in [0.1, 0.15) is 0 Å². The van der Waals surface area contributed by atoms with Gasteiger partial charge in [-0.15, -0.1) is 0 Å². The number of carbonyl (C=O) groups is 2. The fraction of sp³-hybridized carbons (Fsp3) is 0.148. The summed E-state index contributed by atoms with van der Waals surface area (Å²) in [5.41, 5.74) is 3.13. The molecule has 0 unspecified atom stereocenters. The Hall–Kier alpha value is -3.33. The van der Waals surface area contributed by atoms with Crippen molar-refractivity contribution >= 4 is 69.2 Å². The lowest BCUT2D eigenvalue weighted by molar-refractivity contribution is -0.118. The summed E-state index contributed by atoms with van der Waals surface area (Å²) in [5, 5.41) is 3.04. The quantitative estimate of drug-likeness (QED) is 0.262. The lowest BCUT2D eigenvalue weighted by Crippen LogP contribution is -2.27. The van der Waals surface area contributed by atoms with Gasteiger partial charge in [-0.1, -0.05) is 71.5 Å². The van der Waals surface area contributed by atoms with Crippen LogP contribution in [-0.4, -0.2) is 29.3 Å². The summed E-state index contributed by atoms with van der Waals surface area (Å²) in [6, 6.07) is 20.1. The van der Waals surface area contributed by atoms with Gasteiger partial charge in [0.25, 0.3) is 11.8 Å². The smallest absolute Gasteiger partial charge is 0.270 e. The van der Waals surface area contributed by atoms with E-state index in [2.05, 4.69) is 5.32 Å². The van der Waals surface area contributed by atoms with Crippen molar-refractivity contribution in [3.63, 3.8) is 0 Å². The molecule has 4 rings (SSSR count). The normalized spacial score (nSPS) is 14.3. The Bertz CT molecular complexity index is 1330. The predicted molar refractivity (Wildman–Crippen MR) is 150 cm³/mol. The van der Waals surface area contributed by atoms with Crippen molar-refractivity contribution in [1.82, 2.24) is 0 Å². The van der Waals surface area contributed by atoms with E-state index in [4.69, 9.17) is 33.3 Å². The van der Waals surface area contributed by atoms with E-state index in [9.17, 15) is 9.59 Å². The highest BCUT2D eigenvalue weighted by Gasteiger charge is 2.33. The van der Waals surface area contributed by atoms with E-state index in [1.54, 1.807) is 18.2 Å². The second-order valence-corrected chi connectivity index (χ2v) is 9.90. The van der Waals surface area contributed by atoms with Gasteiger partial charge < -0.3 is 14.8 Å². The number of amides is 2. The van der Waals surface area contributed by atoms with Crippen molar-refractivity contribution < 1.29 is 19.1 Å². The van der Waals surface area contributed by atoms with Crippen LogP contribution in [0.4, 0.5) is 11.4 Å². The SMILES string of the molecule is CCOc1cc(/C=C2/SC(=S)N(c3ccccc3)C2=O)cc(Cl)c1OCC(=O)Nc1ccc(C)cc1. The number of carbonyl (C=O) groups excluding carboxylic acids is 2. The van der Waals surface area contributed by atoms with E-state index >= 15 is 0 Å². The van der Waals surface area contributed by atoms with Gasteiger partial charge in [0.15, 0.2) is 22.4 Å². The first-order valence-electron chi connectivity index (χ1n) is 11.1. The van der Waals surface area contributed by atoms with E-state index in [1.807, 2.05) is 68.4 Å². The average Bonchev–Trinajstić information content (AvgIpc) is 3.13. The molecular formula is C27H23ClN2O4S2. The molecule has 36 heavy (non-hydrogen) atoms. The Labute approximate surface area is 224 Å². The van der Waals surface area contributed by atoms with Crippen LogP contribution in [0.5, 0.6) is 11.5 Å². The molecule has 1 saturated heterocycles. The van der Waals surface area contributed by atoms with Crippen molar-refractivity contribution in [3.05, 3.63) is 87.8 Å². The number of ether oxygens (including phenoxy) is 2. The summed E-state index contributed by atoms with van der Waals surface area (Å²) in [6.07, 6.45) is 1.71. The van der Waals surface area contributed by atoms with Crippen LogP contribution in [0.15, 0.2) is 71.6 Å². The zero-order valence-electron chi connectivity index (χ0n) is 19.6. The van der Waals surface area contributed by atoms with Crippen molar-refractivity contribution in [2.24, 2.45) is 0 Å². The number of thiocarbonyl (C=S) groups is 1. The highest BCUT2D eigenvalue weighted by atomic mass is 35.5. The number of aryl methyl sites for hydroxylation is 1. The van der Waals surface area contributed by atoms with E-state index in [0.29, 0.717) is 38.5 Å². The molecule has 0 saturated carbocycles. The minimum absolute atomic E-state index is 0.210. The number of thioether (sulfide) groups is 1. The summed E-state index contributed by atoms with van der Waals surface area (Å²) in [4.78, 5) is 27.4. The number of hydrogen-bond donors (Lipinski definition) is 1. The fourth-order valence-corrected chi connectivity index (χ4v) is 5.04. The average molecular weight is 539 g/mol. The van der Waals surface area contributed by atoms with Crippen LogP contribution in [0.1, 0.15) is 18.1 Å². The molecule has 6 nitrogen and oxygen atoms in total. The number of para-hydroxylation sites is 1. The van der Waals surface area contributed by atoms with Gasteiger partial charge in [-0.2, -0.15) is 0 Å². The number of anilines is 2. The largest absolute Gasteiger partial charge is 0.490 e. The first kappa shape index (κ1) is 25.8. The Morgan fingerprint density at radius 3 is 2.53 bits per heavy atom. The minimum Gasteiger partial charge on any atom is -0.490 e. The lowest BCUT2D eigenvalue weighted by atomic mass is 10.1.